The van der Waals surface area contributed by atoms with Crippen molar-refractivity contribution in [3.05, 3.63) is 59.2 Å². The first-order valence-electron chi connectivity index (χ1n) is 10.2. The second-order valence-corrected chi connectivity index (χ2v) is 8.41. The van der Waals surface area contributed by atoms with Crippen molar-refractivity contribution in [3.63, 3.8) is 0 Å². The number of nitrogens with one attached hydrogen (secondary N) is 1. The fourth-order valence-corrected chi connectivity index (χ4v) is 4.63. The first kappa shape index (κ1) is 19.4. The molecule has 2 aromatic rings. The molecule has 4 rings (SSSR count). The molecule has 1 heterocycles. The number of carbonyl (C=O) groups is 3. The Morgan fingerprint density at radius 1 is 0.966 bits per heavy atom. The molecule has 0 unspecified atom stereocenters. The van der Waals surface area contributed by atoms with Crippen LogP contribution in [-0.4, -0.2) is 17.7 Å². The Bertz CT molecular complexity index is 977. The van der Waals surface area contributed by atoms with Crippen LogP contribution in [0, 0.1) is 31.6 Å². The number of benzene rings is 2. The van der Waals surface area contributed by atoms with Crippen LogP contribution in [0.5, 0.6) is 0 Å². The Hall–Kier alpha value is -2.95. The number of hydrogen-bond acceptors (Lipinski definition) is 3. The van der Waals surface area contributed by atoms with Crippen molar-refractivity contribution in [2.24, 2.45) is 17.8 Å². The van der Waals surface area contributed by atoms with Crippen molar-refractivity contribution in [2.45, 2.75) is 40.0 Å². The number of carbonyl (C=O) groups excluding carboxylic acids is 3. The first-order chi connectivity index (χ1) is 13.9. The molecule has 3 amide bonds. The molecule has 3 atom stereocenters. The summed E-state index contributed by atoms with van der Waals surface area (Å²) in [6.45, 7) is 6.03. The second kappa shape index (κ2) is 7.47. The van der Waals surface area contributed by atoms with Crippen LogP contribution in [0.1, 0.15) is 47.7 Å². The molecule has 1 aliphatic heterocycles. The van der Waals surface area contributed by atoms with Crippen LogP contribution >= 0.6 is 0 Å². The van der Waals surface area contributed by atoms with Crippen molar-refractivity contribution in [1.82, 2.24) is 0 Å². The topological polar surface area (TPSA) is 66.5 Å². The lowest BCUT2D eigenvalue weighted by Gasteiger charge is -2.25. The van der Waals surface area contributed by atoms with Gasteiger partial charge in [-0.3, -0.25) is 19.3 Å². The minimum absolute atomic E-state index is 0.126. The molecule has 0 spiro atoms. The summed E-state index contributed by atoms with van der Waals surface area (Å²) in [5.74, 6) is -0.487. The summed E-state index contributed by atoms with van der Waals surface area (Å²) in [5, 5.41) is 2.96. The maximum absolute atomic E-state index is 13.0. The molecule has 0 aromatic heterocycles. The number of hydrogen-bond donors (Lipinski definition) is 1. The third-order valence-corrected chi connectivity index (χ3v) is 6.27. The monoisotopic (exact) mass is 390 g/mol. The summed E-state index contributed by atoms with van der Waals surface area (Å²) in [7, 11) is 0. The Labute approximate surface area is 171 Å². The Morgan fingerprint density at radius 2 is 1.62 bits per heavy atom. The number of fused-ring (bicyclic) bond motifs is 1. The number of amides is 3. The van der Waals surface area contributed by atoms with Gasteiger partial charge in [0.1, 0.15) is 0 Å². The molecule has 1 aliphatic carbocycles. The van der Waals surface area contributed by atoms with E-state index < -0.39 is 0 Å². The highest BCUT2D eigenvalue weighted by molar-refractivity contribution is 6.22. The van der Waals surface area contributed by atoms with E-state index in [1.165, 1.54) is 4.90 Å². The molecule has 2 fully saturated rings. The summed E-state index contributed by atoms with van der Waals surface area (Å²) >= 11 is 0. The maximum atomic E-state index is 13.0. The molecule has 1 N–H and O–H groups in total. The second-order valence-electron chi connectivity index (χ2n) is 8.41. The van der Waals surface area contributed by atoms with Gasteiger partial charge in [-0.2, -0.15) is 0 Å². The van der Waals surface area contributed by atoms with Crippen LogP contribution in [0.2, 0.25) is 0 Å². The average molecular weight is 390 g/mol. The molecule has 2 aliphatic rings. The molecule has 150 valence electrons. The molecule has 5 heteroatoms. The normalized spacial score (nSPS) is 23.8. The molecule has 0 radical (unpaired) electrons. The van der Waals surface area contributed by atoms with E-state index in [0.29, 0.717) is 17.2 Å². The summed E-state index contributed by atoms with van der Waals surface area (Å²) in [5.41, 5.74) is 3.66. The highest BCUT2D eigenvalue weighted by Crippen LogP contribution is 2.42. The Morgan fingerprint density at radius 3 is 2.34 bits per heavy atom. The quantitative estimate of drug-likeness (QED) is 0.786. The molecule has 29 heavy (non-hydrogen) atoms. The molecule has 1 saturated heterocycles. The maximum Gasteiger partial charge on any atom is 0.255 e. The van der Waals surface area contributed by atoms with Gasteiger partial charge in [0.2, 0.25) is 11.8 Å². The van der Waals surface area contributed by atoms with Gasteiger partial charge in [0.25, 0.3) is 5.91 Å². The van der Waals surface area contributed by atoms with Gasteiger partial charge >= 0.3 is 0 Å². The van der Waals surface area contributed by atoms with E-state index in [1.807, 2.05) is 32.0 Å². The Balaban J connectivity index is 1.60. The molecular formula is C24H26N2O3. The van der Waals surface area contributed by atoms with Gasteiger partial charge in [-0.25, -0.2) is 0 Å². The number of anilines is 2. The number of imide groups is 1. The molecule has 5 nitrogen and oxygen atoms in total. The number of nitrogens with zero attached hydrogens (tertiary/aromatic N) is 1. The predicted molar refractivity (Wildman–Crippen MR) is 113 cm³/mol. The zero-order valence-electron chi connectivity index (χ0n) is 17.1. The summed E-state index contributed by atoms with van der Waals surface area (Å²) in [6.07, 6.45) is 2.50. The summed E-state index contributed by atoms with van der Waals surface area (Å²) in [4.78, 5) is 40.0. The standard InChI is InChI=1S/C24H26N2O3/c1-14-10-11-19-20(12-14)24(29)26(23(19)28)18-9-5-8-17(13-18)22(27)25-21-15(2)6-4-7-16(21)3/h4-9,13-14,19-20H,10-12H2,1-3H3,(H,25,27)/t14-,19+,20-/m0/s1. The molecule has 1 saturated carbocycles. The van der Waals surface area contributed by atoms with E-state index in [4.69, 9.17) is 0 Å². The SMILES string of the molecule is Cc1cccc(C)c1NC(=O)c1cccc(N2C(=O)[C@H]3C[C@@H](C)CC[C@H]3C2=O)c1. The zero-order chi connectivity index (χ0) is 20.7. The number of para-hydroxylation sites is 1. The molecule has 0 bridgehead atoms. The fourth-order valence-electron chi connectivity index (χ4n) is 4.63. The third kappa shape index (κ3) is 3.46. The van der Waals surface area contributed by atoms with Gasteiger partial charge in [0.15, 0.2) is 0 Å². The van der Waals surface area contributed by atoms with Gasteiger partial charge in [-0.05, 0) is 68.4 Å². The van der Waals surface area contributed by atoms with Crippen molar-refractivity contribution < 1.29 is 14.4 Å². The van der Waals surface area contributed by atoms with E-state index in [0.717, 1.165) is 36.1 Å². The van der Waals surface area contributed by atoms with Crippen LogP contribution in [0.15, 0.2) is 42.5 Å². The van der Waals surface area contributed by atoms with Gasteiger partial charge in [0.05, 0.1) is 17.5 Å². The van der Waals surface area contributed by atoms with Crippen LogP contribution in [0.25, 0.3) is 0 Å². The van der Waals surface area contributed by atoms with E-state index >= 15 is 0 Å². The lowest BCUT2D eigenvalue weighted by molar-refractivity contribution is -0.122. The third-order valence-electron chi connectivity index (χ3n) is 6.27. The lowest BCUT2D eigenvalue weighted by atomic mass is 9.76. The molecule has 2 aromatic carbocycles. The Kier molecular flexibility index (Phi) is 4.99. The summed E-state index contributed by atoms with van der Waals surface area (Å²) < 4.78 is 0. The van der Waals surface area contributed by atoms with Crippen molar-refractivity contribution >= 4 is 29.1 Å². The van der Waals surface area contributed by atoms with Crippen molar-refractivity contribution in [2.75, 3.05) is 10.2 Å². The van der Waals surface area contributed by atoms with Crippen LogP contribution in [0.3, 0.4) is 0 Å². The van der Waals surface area contributed by atoms with Gasteiger partial charge in [-0.1, -0.05) is 31.2 Å². The zero-order valence-corrected chi connectivity index (χ0v) is 17.1. The van der Waals surface area contributed by atoms with Crippen LogP contribution in [-0.2, 0) is 9.59 Å². The van der Waals surface area contributed by atoms with Crippen LogP contribution in [0.4, 0.5) is 11.4 Å². The van der Waals surface area contributed by atoms with E-state index in [-0.39, 0.29) is 29.6 Å². The van der Waals surface area contributed by atoms with E-state index in [1.54, 1.807) is 24.3 Å². The largest absolute Gasteiger partial charge is 0.322 e. The predicted octanol–water partition coefficient (Wildman–Crippen LogP) is 4.48. The molecular weight excluding hydrogens is 364 g/mol. The fraction of sp³-hybridized carbons (Fsp3) is 0.375. The first-order valence-corrected chi connectivity index (χ1v) is 10.2. The lowest BCUT2D eigenvalue weighted by Crippen LogP contribution is -2.31. The number of rotatable bonds is 3. The van der Waals surface area contributed by atoms with Gasteiger partial charge in [0, 0.05) is 11.3 Å². The summed E-state index contributed by atoms with van der Waals surface area (Å²) in [6, 6.07) is 12.6. The number of aryl methyl sites for hydroxylation is 2. The smallest absolute Gasteiger partial charge is 0.255 e. The highest BCUT2D eigenvalue weighted by Gasteiger charge is 2.50. The van der Waals surface area contributed by atoms with E-state index in [9.17, 15) is 14.4 Å². The van der Waals surface area contributed by atoms with Gasteiger partial charge < -0.3 is 5.32 Å². The average Bonchev–Trinajstić information content (AvgIpc) is 2.94. The highest BCUT2D eigenvalue weighted by atomic mass is 16.2. The van der Waals surface area contributed by atoms with Crippen LogP contribution < -0.4 is 10.2 Å². The minimum Gasteiger partial charge on any atom is -0.322 e. The van der Waals surface area contributed by atoms with Gasteiger partial charge in [-0.15, -0.1) is 0 Å². The van der Waals surface area contributed by atoms with Crippen molar-refractivity contribution in [3.8, 4) is 0 Å². The van der Waals surface area contributed by atoms with Crippen molar-refractivity contribution in [1.29, 1.82) is 0 Å². The minimum atomic E-state index is -0.255. The van der Waals surface area contributed by atoms with E-state index in [2.05, 4.69) is 12.2 Å².